The number of sulfonamides is 1. The third kappa shape index (κ3) is 3.74. The summed E-state index contributed by atoms with van der Waals surface area (Å²) in [4.78, 5) is -0.179. The van der Waals surface area contributed by atoms with Crippen LogP contribution in [-0.4, -0.2) is 28.2 Å². The van der Waals surface area contributed by atoms with Gasteiger partial charge in [-0.3, -0.25) is 0 Å². The van der Waals surface area contributed by atoms with E-state index in [9.17, 15) is 8.42 Å². The van der Waals surface area contributed by atoms with Crippen molar-refractivity contribution in [3.8, 4) is 17.2 Å². The van der Waals surface area contributed by atoms with Crippen LogP contribution in [0, 0.1) is 0 Å². The van der Waals surface area contributed by atoms with Crippen molar-refractivity contribution >= 4 is 10.0 Å². The van der Waals surface area contributed by atoms with Crippen LogP contribution in [-0.2, 0) is 10.0 Å². The van der Waals surface area contributed by atoms with Gasteiger partial charge in [-0.2, -0.15) is 0 Å². The van der Waals surface area contributed by atoms with Crippen molar-refractivity contribution in [2.45, 2.75) is 25.7 Å². The van der Waals surface area contributed by atoms with Crippen molar-refractivity contribution in [3.05, 3.63) is 12.1 Å². The number of benzene rings is 1. The first kappa shape index (κ1) is 15.6. The van der Waals surface area contributed by atoms with E-state index >= 15 is 0 Å². The van der Waals surface area contributed by atoms with Crippen LogP contribution in [0.4, 0.5) is 0 Å². The maximum atomic E-state index is 11.7. The lowest BCUT2D eigenvalue weighted by Gasteiger charge is -2.17. The smallest absolute Gasteiger partial charge is 0.245 e. The normalized spacial score (nSPS) is 11.2. The molecule has 0 radical (unpaired) electrons. The standard InChI is InChI=1S/C12H19NO5S/c1-4-16-9-7-8-10(17-5-2)12(19(13,14)15)11(9)18-6-3/h7-8H,4-6H2,1-3H3,(H2,13,14,15). The zero-order chi connectivity index (χ0) is 14.5. The zero-order valence-electron chi connectivity index (χ0n) is 11.3. The molecule has 108 valence electrons. The van der Waals surface area contributed by atoms with Crippen molar-refractivity contribution < 1.29 is 22.6 Å². The third-order valence-electron chi connectivity index (χ3n) is 2.21. The van der Waals surface area contributed by atoms with Crippen LogP contribution < -0.4 is 19.3 Å². The zero-order valence-corrected chi connectivity index (χ0v) is 12.1. The van der Waals surface area contributed by atoms with Gasteiger partial charge in [0.15, 0.2) is 16.4 Å². The average molecular weight is 289 g/mol. The number of primary sulfonamides is 1. The molecule has 6 nitrogen and oxygen atoms in total. The monoisotopic (exact) mass is 289 g/mol. The molecular weight excluding hydrogens is 270 g/mol. The Labute approximate surface area is 113 Å². The van der Waals surface area contributed by atoms with Gasteiger partial charge in [-0.25, -0.2) is 13.6 Å². The molecule has 0 aliphatic rings. The average Bonchev–Trinajstić information content (AvgIpc) is 2.31. The van der Waals surface area contributed by atoms with Crippen LogP contribution in [0.2, 0.25) is 0 Å². The lowest BCUT2D eigenvalue weighted by molar-refractivity contribution is 0.272. The molecule has 19 heavy (non-hydrogen) atoms. The highest BCUT2D eigenvalue weighted by Gasteiger charge is 2.25. The van der Waals surface area contributed by atoms with Crippen molar-refractivity contribution in [3.63, 3.8) is 0 Å². The molecule has 0 unspecified atom stereocenters. The van der Waals surface area contributed by atoms with E-state index in [1.165, 1.54) is 6.07 Å². The summed E-state index contributed by atoms with van der Waals surface area (Å²) < 4.78 is 39.5. The Hall–Kier alpha value is -1.47. The first-order chi connectivity index (χ1) is 8.95. The van der Waals surface area contributed by atoms with E-state index in [2.05, 4.69) is 0 Å². The fourth-order valence-corrected chi connectivity index (χ4v) is 2.44. The topological polar surface area (TPSA) is 87.9 Å². The summed E-state index contributed by atoms with van der Waals surface area (Å²) >= 11 is 0. The molecular formula is C12H19NO5S. The Morgan fingerprint density at radius 2 is 1.42 bits per heavy atom. The van der Waals surface area contributed by atoms with Crippen LogP contribution >= 0.6 is 0 Å². The van der Waals surface area contributed by atoms with Gasteiger partial charge in [0.1, 0.15) is 5.75 Å². The highest BCUT2D eigenvalue weighted by Crippen LogP contribution is 2.40. The number of rotatable bonds is 7. The van der Waals surface area contributed by atoms with Gasteiger partial charge in [-0.15, -0.1) is 0 Å². The molecule has 0 aliphatic heterocycles. The van der Waals surface area contributed by atoms with E-state index in [1.807, 2.05) is 0 Å². The molecule has 0 bridgehead atoms. The molecule has 0 aromatic heterocycles. The van der Waals surface area contributed by atoms with Gasteiger partial charge in [0, 0.05) is 0 Å². The number of ether oxygens (including phenoxy) is 3. The van der Waals surface area contributed by atoms with E-state index in [4.69, 9.17) is 19.3 Å². The molecule has 0 saturated heterocycles. The molecule has 0 atom stereocenters. The minimum Gasteiger partial charge on any atom is -0.492 e. The van der Waals surface area contributed by atoms with Crippen molar-refractivity contribution in [2.75, 3.05) is 19.8 Å². The molecule has 0 amide bonds. The Morgan fingerprint density at radius 1 is 0.947 bits per heavy atom. The van der Waals surface area contributed by atoms with Gasteiger partial charge >= 0.3 is 0 Å². The van der Waals surface area contributed by atoms with Crippen molar-refractivity contribution in [1.82, 2.24) is 0 Å². The maximum absolute atomic E-state index is 11.7. The predicted molar refractivity (Wildman–Crippen MR) is 71.3 cm³/mol. The Bertz CT molecular complexity index is 527. The number of hydrogen-bond donors (Lipinski definition) is 1. The third-order valence-corrected chi connectivity index (χ3v) is 3.17. The summed E-state index contributed by atoms with van der Waals surface area (Å²) in [6.45, 7) is 6.29. The highest BCUT2D eigenvalue weighted by molar-refractivity contribution is 7.89. The lowest BCUT2D eigenvalue weighted by Crippen LogP contribution is -2.16. The molecule has 0 heterocycles. The number of nitrogens with two attached hydrogens (primary N) is 1. The largest absolute Gasteiger partial charge is 0.492 e. The molecule has 0 fully saturated rings. The van der Waals surface area contributed by atoms with Gasteiger partial charge in [0.25, 0.3) is 0 Å². The fourth-order valence-electron chi connectivity index (χ4n) is 1.62. The molecule has 0 spiro atoms. The van der Waals surface area contributed by atoms with Crippen molar-refractivity contribution in [2.24, 2.45) is 5.14 Å². The van der Waals surface area contributed by atoms with E-state index in [-0.39, 0.29) is 23.0 Å². The van der Waals surface area contributed by atoms with Gasteiger partial charge in [0.2, 0.25) is 10.0 Å². The molecule has 7 heteroatoms. The van der Waals surface area contributed by atoms with E-state index in [0.29, 0.717) is 19.0 Å². The summed E-state index contributed by atoms with van der Waals surface area (Å²) in [6.07, 6.45) is 0. The second-order valence-electron chi connectivity index (χ2n) is 3.56. The summed E-state index contributed by atoms with van der Waals surface area (Å²) in [5.41, 5.74) is 0. The second kappa shape index (κ2) is 6.63. The van der Waals surface area contributed by atoms with Gasteiger partial charge in [0.05, 0.1) is 19.8 Å². The highest BCUT2D eigenvalue weighted by atomic mass is 32.2. The van der Waals surface area contributed by atoms with Crippen LogP contribution in [0.1, 0.15) is 20.8 Å². The summed E-state index contributed by atoms with van der Waals surface area (Å²) in [5.74, 6) is 0.589. The molecule has 2 N–H and O–H groups in total. The number of hydrogen-bond acceptors (Lipinski definition) is 5. The molecule has 0 aliphatic carbocycles. The van der Waals surface area contributed by atoms with Crippen LogP contribution in [0.3, 0.4) is 0 Å². The molecule has 1 aromatic rings. The Morgan fingerprint density at radius 3 is 1.89 bits per heavy atom. The maximum Gasteiger partial charge on any atom is 0.245 e. The summed E-state index contributed by atoms with van der Waals surface area (Å²) in [6, 6.07) is 3.12. The summed E-state index contributed by atoms with van der Waals surface area (Å²) in [7, 11) is -3.98. The molecule has 1 aromatic carbocycles. The fraction of sp³-hybridized carbons (Fsp3) is 0.500. The van der Waals surface area contributed by atoms with E-state index in [1.54, 1.807) is 26.8 Å². The summed E-state index contributed by atoms with van der Waals surface area (Å²) in [5, 5.41) is 5.24. The molecule has 0 saturated carbocycles. The predicted octanol–water partition coefficient (Wildman–Crippen LogP) is 1.53. The lowest BCUT2D eigenvalue weighted by atomic mass is 10.3. The minimum absolute atomic E-state index is 0.0952. The van der Waals surface area contributed by atoms with E-state index in [0.717, 1.165) is 0 Å². The van der Waals surface area contributed by atoms with Gasteiger partial charge in [-0.05, 0) is 32.9 Å². The van der Waals surface area contributed by atoms with Crippen LogP contribution in [0.5, 0.6) is 17.2 Å². The van der Waals surface area contributed by atoms with Crippen molar-refractivity contribution in [1.29, 1.82) is 0 Å². The SMILES string of the molecule is CCOc1ccc(OCC)c(S(N)(=O)=O)c1OCC. The molecule has 1 rings (SSSR count). The van der Waals surface area contributed by atoms with Crippen LogP contribution in [0.15, 0.2) is 17.0 Å². The first-order valence-corrected chi connectivity index (χ1v) is 7.58. The Kier molecular flexibility index (Phi) is 5.44. The van der Waals surface area contributed by atoms with Crippen LogP contribution in [0.25, 0.3) is 0 Å². The minimum atomic E-state index is -3.98. The van der Waals surface area contributed by atoms with E-state index < -0.39 is 10.0 Å². The first-order valence-electron chi connectivity index (χ1n) is 6.03. The van der Waals surface area contributed by atoms with Gasteiger partial charge < -0.3 is 14.2 Å². The van der Waals surface area contributed by atoms with Gasteiger partial charge in [-0.1, -0.05) is 0 Å². The Balaban J connectivity index is 3.51. The quantitative estimate of drug-likeness (QED) is 0.822. The second-order valence-corrected chi connectivity index (χ2v) is 5.06.